The molecule has 3 rings (SSSR count). The van der Waals surface area contributed by atoms with Crippen molar-refractivity contribution in [1.82, 2.24) is 14.7 Å². The molecule has 0 unspecified atom stereocenters. The van der Waals surface area contributed by atoms with Crippen LogP contribution in [-0.2, 0) is 11.3 Å². The van der Waals surface area contributed by atoms with E-state index in [1.165, 1.54) is 0 Å². The van der Waals surface area contributed by atoms with Gasteiger partial charge in [-0.3, -0.25) is 4.90 Å². The lowest BCUT2D eigenvalue weighted by Crippen LogP contribution is -2.35. The van der Waals surface area contributed by atoms with Gasteiger partial charge in [0, 0.05) is 19.2 Å². The number of aliphatic hydroxyl groups excluding tert-OH is 1. The number of benzene rings is 2. The van der Waals surface area contributed by atoms with Crippen LogP contribution in [0.25, 0.3) is 5.69 Å². The van der Waals surface area contributed by atoms with E-state index in [1.54, 1.807) is 7.11 Å². The van der Waals surface area contributed by atoms with Gasteiger partial charge in [-0.1, -0.05) is 31.2 Å². The van der Waals surface area contributed by atoms with Crippen molar-refractivity contribution in [2.45, 2.75) is 52.9 Å². The number of rotatable bonds is 13. The second-order valence-electron chi connectivity index (χ2n) is 8.67. The third kappa shape index (κ3) is 7.06. The van der Waals surface area contributed by atoms with Gasteiger partial charge in [-0.15, -0.1) is 0 Å². The number of methoxy groups -OCH3 is 1. The Morgan fingerprint density at radius 1 is 1.06 bits per heavy atom. The van der Waals surface area contributed by atoms with Crippen LogP contribution < -0.4 is 9.47 Å². The minimum atomic E-state index is -0.568. The predicted molar refractivity (Wildman–Crippen MR) is 134 cm³/mol. The highest BCUT2D eigenvalue weighted by molar-refractivity contribution is 5.44. The van der Waals surface area contributed by atoms with Crippen molar-refractivity contribution < 1.29 is 19.3 Å². The number of para-hydroxylation sites is 1. The van der Waals surface area contributed by atoms with E-state index in [4.69, 9.17) is 19.3 Å². The molecule has 0 fully saturated rings. The Bertz CT molecular complexity index is 1020. The molecule has 1 heterocycles. The molecule has 0 amide bonds. The highest BCUT2D eigenvalue weighted by Gasteiger charge is 2.22. The molecule has 2 aromatic carbocycles. The average molecular weight is 468 g/mol. The highest BCUT2D eigenvalue weighted by atomic mass is 16.5. The number of aliphatic hydroxyl groups is 1. The Hall–Kier alpha value is -2.87. The summed E-state index contributed by atoms with van der Waals surface area (Å²) in [6.45, 7) is 10.3. The molecule has 0 aliphatic heterocycles. The second-order valence-corrected chi connectivity index (χ2v) is 8.67. The Balaban J connectivity index is 1.93. The molecule has 0 radical (unpaired) electrons. The third-order valence-electron chi connectivity index (χ3n) is 5.41. The first-order valence-electron chi connectivity index (χ1n) is 11.9. The van der Waals surface area contributed by atoms with Gasteiger partial charge in [0.05, 0.1) is 42.9 Å². The largest absolute Gasteiger partial charge is 0.497 e. The smallest absolute Gasteiger partial charge is 0.227 e. The van der Waals surface area contributed by atoms with Crippen molar-refractivity contribution in [3.8, 4) is 23.1 Å². The van der Waals surface area contributed by atoms with Gasteiger partial charge >= 0.3 is 0 Å². The van der Waals surface area contributed by atoms with E-state index in [0.717, 1.165) is 35.7 Å². The fraction of sp³-hybridized carbons (Fsp3) is 0.444. The van der Waals surface area contributed by atoms with Gasteiger partial charge < -0.3 is 19.3 Å². The van der Waals surface area contributed by atoms with Crippen LogP contribution in [0.15, 0.2) is 54.6 Å². The number of aromatic nitrogens is 2. The number of aryl methyl sites for hydroxylation is 1. The first-order valence-corrected chi connectivity index (χ1v) is 11.9. The SMILES string of the molecule is CCCN(Cc1c(C)nn(-c2ccccc2)c1Oc1cccc(OC)c1)C[C@@H](O)COC(C)C. The van der Waals surface area contributed by atoms with Crippen LogP contribution in [0.3, 0.4) is 0 Å². The van der Waals surface area contributed by atoms with Crippen molar-refractivity contribution in [2.24, 2.45) is 0 Å². The van der Waals surface area contributed by atoms with Gasteiger partial charge in [-0.05, 0) is 58.0 Å². The molecule has 3 aromatic rings. The molecule has 1 aromatic heterocycles. The minimum absolute atomic E-state index is 0.0866. The lowest BCUT2D eigenvalue weighted by molar-refractivity contribution is -0.00957. The Kier molecular flexibility index (Phi) is 9.51. The number of hydrogen-bond donors (Lipinski definition) is 1. The van der Waals surface area contributed by atoms with Crippen molar-refractivity contribution >= 4 is 0 Å². The Morgan fingerprint density at radius 2 is 1.79 bits per heavy atom. The summed E-state index contributed by atoms with van der Waals surface area (Å²) in [6.07, 6.45) is 0.486. The fourth-order valence-corrected chi connectivity index (χ4v) is 3.77. The summed E-state index contributed by atoms with van der Waals surface area (Å²) in [5.74, 6) is 2.05. The molecule has 7 nitrogen and oxygen atoms in total. The van der Waals surface area contributed by atoms with Crippen LogP contribution in [0.1, 0.15) is 38.4 Å². The third-order valence-corrected chi connectivity index (χ3v) is 5.41. The molecule has 0 aliphatic carbocycles. The Morgan fingerprint density at radius 3 is 2.47 bits per heavy atom. The van der Waals surface area contributed by atoms with E-state index in [1.807, 2.05) is 80.1 Å². The zero-order chi connectivity index (χ0) is 24.5. The van der Waals surface area contributed by atoms with E-state index >= 15 is 0 Å². The number of nitrogens with zero attached hydrogens (tertiary/aromatic N) is 3. The summed E-state index contributed by atoms with van der Waals surface area (Å²) in [5.41, 5.74) is 2.79. The van der Waals surface area contributed by atoms with Crippen molar-refractivity contribution in [3.05, 3.63) is 65.9 Å². The molecular weight excluding hydrogens is 430 g/mol. The molecule has 184 valence electrons. The molecule has 34 heavy (non-hydrogen) atoms. The summed E-state index contributed by atoms with van der Waals surface area (Å²) < 4.78 is 19.3. The second kappa shape index (κ2) is 12.6. The molecule has 0 spiro atoms. The molecule has 0 bridgehead atoms. The van der Waals surface area contributed by atoms with E-state index in [2.05, 4.69) is 11.8 Å². The van der Waals surface area contributed by atoms with Gasteiger partial charge in [-0.25, -0.2) is 4.68 Å². The van der Waals surface area contributed by atoms with Gasteiger partial charge in [0.1, 0.15) is 11.5 Å². The number of hydrogen-bond acceptors (Lipinski definition) is 6. The van der Waals surface area contributed by atoms with E-state index in [0.29, 0.717) is 31.3 Å². The van der Waals surface area contributed by atoms with Crippen LogP contribution in [-0.4, -0.2) is 58.8 Å². The lowest BCUT2D eigenvalue weighted by Gasteiger charge is -2.25. The maximum absolute atomic E-state index is 10.6. The highest BCUT2D eigenvalue weighted by Crippen LogP contribution is 2.33. The van der Waals surface area contributed by atoms with E-state index in [9.17, 15) is 5.11 Å². The maximum Gasteiger partial charge on any atom is 0.227 e. The summed E-state index contributed by atoms with van der Waals surface area (Å²) in [4.78, 5) is 2.23. The predicted octanol–water partition coefficient (Wildman–Crippen LogP) is 4.98. The molecule has 0 saturated carbocycles. The summed E-state index contributed by atoms with van der Waals surface area (Å²) in [7, 11) is 1.64. The topological polar surface area (TPSA) is 69.0 Å². The van der Waals surface area contributed by atoms with Gasteiger partial charge in [-0.2, -0.15) is 5.10 Å². The molecule has 1 N–H and O–H groups in total. The fourth-order valence-electron chi connectivity index (χ4n) is 3.77. The first kappa shape index (κ1) is 25.7. The summed E-state index contributed by atoms with van der Waals surface area (Å²) in [6, 6.07) is 17.5. The minimum Gasteiger partial charge on any atom is -0.497 e. The van der Waals surface area contributed by atoms with Crippen LogP contribution in [0.5, 0.6) is 17.4 Å². The van der Waals surface area contributed by atoms with E-state index in [-0.39, 0.29) is 6.10 Å². The van der Waals surface area contributed by atoms with Gasteiger partial charge in [0.25, 0.3) is 0 Å². The first-order chi connectivity index (χ1) is 16.4. The zero-order valence-electron chi connectivity index (χ0n) is 20.9. The molecule has 1 atom stereocenters. The summed E-state index contributed by atoms with van der Waals surface area (Å²) in [5, 5.41) is 15.4. The van der Waals surface area contributed by atoms with Gasteiger partial charge in [0.15, 0.2) is 0 Å². The maximum atomic E-state index is 10.6. The van der Waals surface area contributed by atoms with Crippen LogP contribution >= 0.6 is 0 Å². The van der Waals surface area contributed by atoms with Crippen LogP contribution in [0.2, 0.25) is 0 Å². The zero-order valence-corrected chi connectivity index (χ0v) is 20.9. The Labute approximate surface area is 202 Å². The molecule has 0 aliphatic rings. The molecular formula is C27H37N3O4. The van der Waals surface area contributed by atoms with Gasteiger partial charge in [0.2, 0.25) is 5.88 Å². The quantitative estimate of drug-likeness (QED) is 0.382. The van der Waals surface area contributed by atoms with Crippen molar-refractivity contribution in [3.63, 3.8) is 0 Å². The van der Waals surface area contributed by atoms with E-state index < -0.39 is 6.10 Å². The van der Waals surface area contributed by atoms with Crippen LogP contribution in [0, 0.1) is 6.92 Å². The van der Waals surface area contributed by atoms with Crippen molar-refractivity contribution in [2.75, 3.05) is 26.8 Å². The standard InChI is InChI=1S/C27H37N3O4/c1-6-15-29(17-23(31)19-33-20(2)3)18-26-21(4)28-30(22-11-8-7-9-12-22)27(26)34-25-14-10-13-24(16-25)32-5/h7-14,16,20,23,31H,6,15,17-19H2,1-5H3/t23-/m1/s1. The summed E-state index contributed by atoms with van der Waals surface area (Å²) >= 11 is 0. The molecule has 0 saturated heterocycles. The van der Waals surface area contributed by atoms with Crippen LogP contribution in [0.4, 0.5) is 0 Å². The molecule has 7 heteroatoms. The monoisotopic (exact) mass is 467 g/mol. The lowest BCUT2D eigenvalue weighted by atomic mass is 10.2. The number of ether oxygens (including phenoxy) is 3. The average Bonchev–Trinajstić information content (AvgIpc) is 3.13. The normalized spacial score (nSPS) is 12.4. The van der Waals surface area contributed by atoms with Crippen molar-refractivity contribution in [1.29, 1.82) is 0 Å².